The van der Waals surface area contributed by atoms with Crippen molar-refractivity contribution in [3.8, 4) is 11.5 Å². The number of carbonyl (C=O) groups excluding carboxylic acids is 2. The van der Waals surface area contributed by atoms with Gasteiger partial charge in [0.2, 0.25) is 0 Å². The second kappa shape index (κ2) is 15.8. The summed E-state index contributed by atoms with van der Waals surface area (Å²) in [6.07, 6.45) is 3.73. The zero-order valence-corrected chi connectivity index (χ0v) is 26.4. The van der Waals surface area contributed by atoms with Crippen LogP contribution in [0.2, 0.25) is 20.1 Å². The third-order valence-electron chi connectivity index (χ3n) is 6.01. The van der Waals surface area contributed by atoms with Crippen LogP contribution < -0.4 is 20.2 Å². The van der Waals surface area contributed by atoms with Crippen molar-refractivity contribution in [3.63, 3.8) is 0 Å². The molecule has 7 nitrogen and oxygen atoms in total. The molecule has 0 aliphatic carbocycles. The SMILES string of the molecule is C=CCc1cc(/C=N/NC(=O)C(NC(=O)c2ccc(Cl)c(Cl)c2)C(C)C)cc(OCC)c1OCc1ccc(Cl)cc1Cl. The number of carbonyl (C=O) groups is 2. The van der Waals surface area contributed by atoms with E-state index in [0.29, 0.717) is 45.2 Å². The summed E-state index contributed by atoms with van der Waals surface area (Å²) in [5, 5.41) is 8.47. The molecule has 0 aromatic heterocycles. The molecule has 0 saturated carbocycles. The van der Waals surface area contributed by atoms with Gasteiger partial charge in [-0.3, -0.25) is 9.59 Å². The van der Waals surface area contributed by atoms with Crippen molar-refractivity contribution < 1.29 is 19.1 Å². The molecule has 11 heteroatoms. The Morgan fingerprint density at radius 2 is 1.71 bits per heavy atom. The minimum atomic E-state index is -0.852. The number of hydrogen-bond donors (Lipinski definition) is 2. The Balaban J connectivity index is 1.77. The van der Waals surface area contributed by atoms with E-state index in [-0.39, 0.29) is 23.1 Å². The van der Waals surface area contributed by atoms with Gasteiger partial charge in [0.25, 0.3) is 11.8 Å². The molecule has 0 aliphatic heterocycles. The largest absolute Gasteiger partial charge is 0.490 e. The van der Waals surface area contributed by atoms with Gasteiger partial charge in [-0.05, 0) is 67.3 Å². The normalized spacial score (nSPS) is 11.8. The molecular formula is C31H31Cl4N3O4. The van der Waals surface area contributed by atoms with Crippen LogP contribution in [0, 0.1) is 5.92 Å². The zero-order chi connectivity index (χ0) is 30.8. The number of rotatable bonds is 13. The van der Waals surface area contributed by atoms with Crippen LogP contribution in [-0.4, -0.2) is 30.7 Å². The summed E-state index contributed by atoms with van der Waals surface area (Å²) in [7, 11) is 0. The van der Waals surface area contributed by atoms with Crippen molar-refractivity contribution in [2.75, 3.05) is 6.61 Å². The zero-order valence-electron chi connectivity index (χ0n) is 23.3. The van der Waals surface area contributed by atoms with Crippen LogP contribution in [-0.2, 0) is 17.8 Å². The maximum Gasteiger partial charge on any atom is 0.262 e. The molecule has 1 atom stereocenters. The highest BCUT2D eigenvalue weighted by molar-refractivity contribution is 6.42. The summed E-state index contributed by atoms with van der Waals surface area (Å²) in [4.78, 5) is 25.7. The third-order valence-corrected chi connectivity index (χ3v) is 7.34. The number of nitrogens with one attached hydrogen (secondary N) is 2. The fourth-order valence-corrected chi connectivity index (χ4v) is 4.68. The first-order valence-electron chi connectivity index (χ1n) is 13.1. The first-order valence-corrected chi connectivity index (χ1v) is 14.6. The van der Waals surface area contributed by atoms with Gasteiger partial charge in [-0.1, -0.05) is 72.4 Å². The lowest BCUT2D eigenvalue weighted by Gasteiger charge is -2.20. The molecule has 0 fully saturated rings. The van der Waals surface area contributed by atoms with E-state index in [2.05, 4.69) is 22.4 Å². The Morgan fingerprint density at radius 3 is 2.36 bits per heavy atom. The first kappa shape index (κ1) is 33.3. The Bertz CT molecular complexity index is 1480. The van der Waals surface area contributed by atoms with Gasteiger partial charge in [0.05, 0.1) is 22.9 Å². The monoisotopic (exact) mass is 649 g/mol. The van der Waals surface area contributed by atoms with Crippen LogP contribution in [0.1, 0.15) is 47.8 Å². The number of benzene rings is 3. The molecule has 0 spiro atoms. The van der Waals surface area contributed by atoms with Crippen LogP contribution in [0.25, 0.3) is 0 Å². The van der Waals surface area contributed by atoms with Crippen molar-refractivity contribution in [2.45, 2.75) is 39.8 Å². The minimum Gasteiger partial charge on any atom is -0.490 e. The molecule has 0 saturated heterocycles. The predicted octanol–water partition coefficient (Wildman–Crippen LogP) is 7.91. The van der Waals surface area contributed by atoms with Gasteiger partial charge >= 0.3 is 0 Å². The van der Waals surface area contributed by atoms with Gasteiger partial charge in [-0.25, -0.2) is 5.43 Å². The smallest absolute Gasteiger partial charge is 0.262 e. The Kier molecular flexibility index (Phi) is 12.6. The standard InChI is InChI=1S/C31H31Cl4N3O4/c1-5-7-20-12-19(13-27(41-6-2)29(20)42-17-22-8-10-23(32)15-25(22)34)16-36-38-31(40)28(18(3)4)37-30(39)21-9-11-24(33)26(35)14-21/h5,8-16,18,28H,1,6-7,17H2,2-4H3,(H,37,39)(H,38,40)/b36-16+. The highest BCUT2D eigenvalue weighted by Gasteiger charge is 2.25. The summed E-state index contributed by atoms with van der Waals surface area (Å²) >= 11 is 24.3. The molecule has 0 heterocycles. The minimum absolute atomic E-state index is 0.203. The summed E-state index contributed by atoms with van der Waals surface area (Å²) < 4.78 is 12.0. The van der Waals surface area contributed by atoms with Crippen LogP contribution in [0.15, 0.2) is 66.3 Å². The summed E-state index contributed by atoms with van der Waals surface area (Å²) in [6.45, 7) is 9.95. The van der Waals surface area contributed by atoms with Crippen molar-refractivity contribution in [2.24, 2.45) is 11.0 Å². The van der Waals surface area contributed by atoms with Crippen molar-refractivity contribution in [1.82, 2.24) is 10.7 Å². The highest BCUT2D eigenvalue weighted by atomic mass is 35.5. The Hall–Kier alpha value is -3.23. The molecule has 3 aromatic carbocycles. The lowest BCUT2D eigenvalue weighted by atomic mass is 10.0. The molecule has 2 N–H and O–H groups in total. The van der Waals surface area contributed by atoms with E-state index in [1.54, 1.807) is 30.3 Å². The Morgan fingerprint density at radius 1 is 0.952 bits per heavy atom. The Labute approximate surface area is 265 Å². The number of ether oxygens (including phenoxy) is 2. The quantitative estimate of drug-likeness (QED) is 0.112. The van der Waals surface area contributed by atoms with Crippen LogP contribution in [0.4, 0.5) is 0 Å². The van der Waals surface area contributed by atoms with Crippen molar-refractivity contribution in [1.29, 1.82) is 0 Å². The number of hydrogen-bond acceptors (Lipinski definition) is 5. The number of nitrogens with zero attached hydrogens (tertiary/aromatic N) is 1. The number of hydrazone groups is 1. The van der Waals surface area contributed by atoms with E-state index in [1.165, 1.54) is 24.4 Å². The van der Waals surface area contributed by atoms with Gasteiger partial charge in [0.15, 0.2) is 11.5 Å². The average molecular weight is 651 g/mol. The van der Waals surface area contributed by atoms with E-state index in [1.807, 2.05) is 26.8 Å². The second-order valence-corrected chi connectivity index (χ2v) is 11.2. The molecule has 0 bridgehead atoms. The van der Waals surface area contributed by atoms with Gasteiger partial charge in [-0.2, -0.15) is 5.10 Å². The van der Waals surface area contributed by atoms with Crippen molar-refractivity contribution in [3.05, 3.63) is 104 Å². The lowest BCUT2D eigenvalue weighted by Crippen LogP contribution is -2.48. The molecule has 0 aliphatic rings. The molecule has 42 heavy (non-hydrogen) atoms. The maximum atomic E-state index is 13.0. The van der Waals surface area contributed by atoms with E-state index >= 15 is 0 Å². The number of halogens is 4. The van der Waals surface area contributed by atoms with E-state index in [0.717, 1.165) is 11.1 Å². The number of amides is 2. The summed E-state index contributed by atoms with van der Waals surface area (Å²) in [5.41, 5.74) is 5.04. The molecule has 1 unspecified atom stereocenters. The van der Waals surface area contributed by atoms with Gasteiger partial charge in [0.1, 0.15) is 12.6 Å². The molecule has 3 rings (SSSR count). The van der Waals surface area contributed by atoms with Crippen molar-refractivity contribution >= 4 is 64.4 Å². The first-order chi connectivity index (χ1) is 20.0. The van der Waals surface area contributed by atoms with E-state index < -0.39 is 17.9 Å². The van der Waals surface area contributed by atoms with Crippen LogP contribution >= 0.6 is 46.4 Å². The van der Waals surface area contributed by atoms with E-state index in [4.69, 9.17) is 55.9 Å². The molecule has 222 valence electrons. The van der Waals surface area contributed by atoms with Crippen LogP contribution in [0.5, 0.6) is 11.5 Å². The second-order valence-electron chi connectivity index (χ2n) is 9.52. The molecular weight excluding hydrogens is 620 g/mol. The van der Waals surface area contributed by atoms with Gasteiger partial charge in [-0.15, -0.1) is 6.58 Å². The molecule has 2 amide bonds. The summed E-state index contributed by atoms with van der Waals surface area (Å²) in [5.74, 6) is -0.109. The fraction of sp³-hybridized carbons (Fsp3) is 0.258. The van der Waals surface area contributed by atoms with Gasteiger partial charge < -0.3 is 14.8 Å². The lowest BCUT2D eigenvalue weighted by molar-refractivity contribution is -0.123. The topological polar surface area (TPSA) is 89.0 Å². The maximum absolute atomic E-state index is 13.0. The predicted molar refractivity (Wildman–Crippen MR) is 171 cm³/mol. The molecule has 3 aromatic rings. The average Bonchev–Trinajstić information content (AvgIpc) is 2.93. The number of allylic oxidation sites excluding steroid dienone is 1. The highest BCUT2D eigenvalue weighted by Crippen LogP contribution is 2.35. The van der Waals surface area contributed by atoms with Gasteiger partial charge in [0, 0.05) is 26.7 Å². The van der Waals surface area contributed by atoms with Crippen LogP contribution in [0.3, 0.4) is 0 Å². The molecule has 0 radical (unpaired) electrons. The fourth-order valence-electron chi connectivity index (χ4n) is 3.92. The third kappa shape index (κ3) is 9.13. The summed E-state index contributed by atoms with van der Waals surface area (Å²) in [6, 6.07) is 12.5. The van der Waals surface area contributed by atoms with E-state index in [9.17, 15) is 9.59 Å².